The van der Waals surface area contributed by atoms with Crippen LogP contribution >= 0.6 is 0 Å². The predicted molar refractivity (Wildman–Crippen MR) is 65.3 cm³/mol. The van der Waals surface area contributed by atoms with E-state index >= 15 is 0 Å². The van der Waals surface area contributed by atoms with E-state index < -0.39 is 6.10 Å². The van der Waals surface area contributed by atoms with Crippen LogP contribution in [0.2, 0.25) is 0 Å². The lowest BCUT2D eigenvalue weighted by atomic mass is 10.2. The molecular weight excluding hydrogens is 206 g/mol. The first kappa shape index (κ1) is 12.6. The van der Waals surface area contributed by atoms with E-state index in [9.17, 15) is 5.11 Å². The van der Waals surface area contributed by atoms with Crippen LogP contribution in [0.5, 0.6) is 5.75 Å². The molecule has 0 bridgehead atoms. The van der Waals surface area contributed by atoms with Gasteiger partial charge in [0.1, 0.15) is 18.5 Å². The first-order chi connectivity index (χ1) is 7.49. The van der Waals surface area contributed by atoms with Gasteiger partial charge in [-0.15, -0.1) is 0 Å². The molecule has 0 aliphatic rings. The Hall–Kier alpha value is -1.46. The molecule has 0 aromatic heterocycles. The van der Waals surface area contributed by atoms with Crippen molar-refractivity contribution in [1.29, 1.82) is 0 Å². The van der Waals surface area contributed by atoms with Gasteiger partial charge in [-0.05, 0) is 32.3 Å². The van der Waals surface area contributed by atoms with Crippen LogP contribution in [-0.2, 0) is 0 Å². The summed E-state index contributed by atoms with van der Waals surface area (Å²) >= 11 is 0. The van der Waals surface area contributed by atoms with Crippen LogP contribution in [0.1, 0.15) is 0 Å². The van der Waals surface area contributed by atoms with E-state index in [2.05, 4.69) is 0 Å². The number of nitrogen functional groups attached to an aromatic ring is 2. The maximum absolute atomic E-state index is 9.59. The van der Waals surface area contributed by atoms with Crippen molar-refractivity contribution in [3.8, 4) is 5.75 Å². The number of rotatable bonds is 5. The van der Waals surface area contributed by atoms with Gasteiger partial charge in [-0.25, -0.2) is 0 Å². The maximum Gasteiger partial charge on any atom is 0.142 e. The molecule has 90 valence electrons. The second-order valence-corrected chi connectivity index (χ2v) is 4.02. The summed E-state index contributed by atoms with van der Waals surface area (Å²) in [7, 11) is 3.78. The van der Waals surface area contributed by atoms with Crippen molar-refractivity contribution in [2.24, 2.45) is 0 Å². The summed E-state index contributed by atoms with van der Waals surface area (Å²) in [6.07, 6.45) is -0.535. The van der Waals surface area contributed by atoms with Gasteiger partial charge in [-0.2, -0.15) is 0 Å². The highest BCUT2D eigenvalue weighted by atomic mass is 16.5. The molecule has 0 fully saturated rings. The fourth-order valence-electron chi connectivity index (χ4n) is 1.36. The standard InChI is InChI=1S/C11H19N3O2/c1-14(2)6-9(15)7-16-11-4-3-8(12)5-10(11)13/h3-5,9,15H,6-7,12-13H2,1-2H3. The van der Waals surface area contributed by atoms with Gasteiger partial charge in [0.25, 0.3) is 0 Å². The van der Waals surface area contributed by atoms with Gasteiger partial charge in [0.2, 0.25) is 0 Å². The maximum atomic E-state index is 9.59. The van der Waals surface area contributed by atoms with Crippen LogP contribution < -0.4 is 16.2 Å². The van der Waals surface area contributed by atoms with Gasteiger partial charge in [-0.3, -0.25) is 0 Å². The predicted octanol–water partition coefficient (Wildman–Crippen LogP) is 0.152. The number of aliphatic hydroxyl groups is 1. The Morgan fingerprint density at radius 1 is 1.38 bits per heavy atom. The van der Waals surface area contributed by atoms with Crippen molar-refractivity contribution in [3.63, 3.8) is 0 Å². The minimum Gasteiger partial charge on any atom is -0.489 e. The van der Waals surface area contributed by atoms with Gasteiger partial charge in [-0.1, -0.05) is 0 Å². The second kappa shape index (κ2) is 5.58. The molecule has 0 heterocycles. The zero-order chi connectivity index (χ0) is 12.1. The number of hydrogen-bond donors (Lipinski definition) is 3. The number of ether oxygens (including phenoxy) is 1. The summed E-state index contributed by atoms with van der Waals surface area (Å²) in [5, 5.41) is 9.59. The number of aliphatic hydroxyl groups excluding tert-OH is 1. The normalized spacial score (nSPS) is 12.8. The molecule has 0 radical (unpaired) electrons. The third kappa shape index (κ3) is 3.96. The van der Waals surface area contributed by atoms with Crippen molar-refractivity contribution in [2.75, 3.05) is 38.7 Å². The average Bonchev–Trinajstić information content (AvgIpc) is 2.15. The molecule has 1 rings (SSSR count). The number of anilines is 2. The molecule has 1 unspecified atom stereocenters. The number of nitrogens with zero attached hydrogens (tertiary/aromatic N) is 1. The monoisotopic (exact) mass is 225 g/mol. The van der Waals surface area contributed by atoms with Crippen molar-refractivity contribution in [2.45, 2.75) is 6.10 Å². The van der Waals surface area contributed by atoms with E-state index in [0.717, 1.165) is 0 Å². The quantitative estimate of drug-likeness (QED) is 0.621. The van der Waals surface area contributed by atoms with Crippen LogP contribution in [0.4, 0.5) is 11.4 Å². The van der Waals surface area contributed by atoms with E-state index in [-0.39, 0.29) is 6.61 Å². The molecule has 0 saturated heterocycles. The minimum absolute atomic E-state index is 0.215. The largest absolute Gasteiger partial charge is 0.489 e. The lowest BCUT2D eigenvalue weighted by Gasteiger charge is -2.17. The number of nitrogens with two attached hydrogens (primary N) is 2. The molecule has 0 saturated carbocycles. The van der Waals surface area contributed by atoms with Gasteiger partial charge in [0, 0.05) is 12.2 Å². The van der Waals surface area contributed by atoms with Crippen molar-refractivity contribution < 1.29 is 9.84 Å². The van der Waals surface area contributed by atoms with E-state index in [4.69, 9.17) is 16.2 Å². The zero-order valence-electron chi connectivity index (χ0n) is 9.68. The summed E-state index contributed by atoms with van der Waals surface area (Å²) < 4.78 is 5.40. The number of hydrogen-bond acceptors (Lipinski definition) is 5. The van der Waals surface area contributed by atoms with Crippen LogP contribution in [0.25, 0.3) is 0 Å². The van der Waals surface area contributed by atoms with E-state index in [0.29, 0.717) is 23.7 Å². The molecule has 1 aromatic carbocycles. The lowest BCUT2D eigenvalue weighted by Crippen LogP contribution is -2.30. The van der Waals surface area contributed by atoms with Crippen LogP contribution in [-0.4, -0.2) is 43.4 Å². The van der Waals surface area contributed by atoms with Crippen molar-refractivity contribution >= 4 is 11.4 Å². The van der Waals surface area contributed by atoms with E-state index in [1.54, 1.807) is 18.2 Å². The highest BCUT2D eigenvalue weighted by Gasteiger charge is 2.08. The van der Waals surface area contributed by atoms with Crippen molar-refractivity contribution in [3.05, 3.63) is 18.2 Å². The Bertz CT molecular complexity index is 342. The molecule has 0 aliphatic carbocycles. The Morgan fingerprint density at radius 3 is 2.62 bits per heavy atom. The fourth-order valence-corrected chi connectivity index (χ4v) is 1.36. The van der Waals surface area contributed by atoms with Crippen LogP contribution in [0, 0.1) is 0 Å². The third-order valence-corrected chi connectivity index (χ3v) is 2.04. The second-order valence-electron chi connectivity index (χ2n) is 4.02. The first-order valence-corrected chi connectivity index (χ1v) is 5.09. The van der Waals surface area contributed by atoms with Gasteiger partial charge >= 0.3 is 0 Å². The Morgan fingerprint density at radius 2 is 2.06 bits per heavy atom. The molecule has 0 spiro atoms. The SMILES string of the molecule is CN(C)CC(O)COc1ccc(N)cc1N. The minimum atomic E-state index is -0.535. The van der Waals surface area contributed by atoms with Crippen molar-refractivity contribution in [1.82, 2.24) is 4.90 Å². The first-order valence-electron chi connectivity index (χ1n) is 5.09. The Kier molecular flexibility index (Phi) is 4.39. The highest BCUT2D eigenvalue weighted by molar-refractivity contribution is 5.60. The fraction of sp³-hybridized carbons (Fsp3) is 0.455. The van der Waals surface area contributed by atoms with Gasteiger partial charge < -0.3 is 26.2 Å². The van der Waals surface area contributed by atoms with Gasteiger partial charge in [0.05, 0.1) is 5.69 Å². The van der Waals surface area contributed by atoms with Crippen LogP contribution in [0.3, 0.4) is 0 Å². The third-order valence-electron chi connectivity index (χ3n) is 2.04. The van der Waals surface area contributed by atoms with E-state index in [1.165, 1.54) is 0 Å². The zero-order valence-corrected chi connectivity index (χ0v) is 9.68. The summed E-state index contributed by atoms with van der Waals surface area (Å²) in [6, 6.07) is 5.05. The molecular formula is C11H19N3O2. The molecule has 5 heteroatoms. The molecule has 0 amide bonds. The average molecular weight is 225 g/mol. The summed E-state index contributed by atoms with van der Waals surface area (Å²) in [4.78, 5) is 1.89. The topological polar surface area (TPSA) is 84.7 Å². The summed E-state index contributed by atoms with van der Waals surface area (Å²) in [5.41, 5.74) is 12.3. The number of benzene rings is 1. The lowest BCUT2D eigenvalue weighted by molar-refractivity contribution is 0.0834. The van der Waals surface area contributed by atoms with Crippen LogP contribution in [0.15, 0.2) is 18.2 Å². The Labute approximate surface area is 95.6 Å². The highest BCUT2D eigenvalue weighted by Crippen LogP contribution is 2.23. The summed E-state index contributed by atoms with van der Waals surface area (Å²) in [5.74, 6) is 0.548. The summed E-state index contributed by atoms with van der Waals surface area (Å²) in [6.45, 7) is 0.765. The van der Waals surface area contributed by atoms with Gasteiger partial charge in [0.15, 0.2) is 0 Å². The molecule has 16 heavy (non-hydrogen) atoms. The smallest absolute Gasteiger partial charge is 0.142 e. The number of likely N-dealkylation sites (N-methyl/N-ethyl adjacent to an activating group) is 1. The molecule has 1 aromatic rings. The van der Waals surface area contributed by atoms with E-state index in [1.807, 2.05) is 19.0 Å². The molecule has 0 aliphatic heterocycles. The Balaban J connectivity index is 2.48. The molecule has 1 atom stereocenters. The molecule has 5 nitrogen and oxygen atoms in total. The molecule has 5 N–H and O–H groups in total.